The zero-order chi connectivity index (χ0) is 23.8. The van der Waals surface area contributed by atoms with E-state index in [4.69, 9.17) is 14.2 Å². The fourth-order valence-corrected chi connectivity index (χ4v) is 4.57. The Balaban J connectivity index is 1.45. The number of sulfonamides is 1. The first-order chi connectivity index (χ1) is 15.8. The molecule has 0 bridgehead atoms. The van der Waals surface area contributed by atoms with Gasteiger partial charge in [-0.2, -0.15) is 4.31 Å². The summed E-state index contributed by atoms with van der Waals surface area (Å²) in [6, 6.07) is 11.5. The van der Waals surface area contributed by atoms with Crippen LogP contribution in [-0.2, 0) is 30.9 Å². The predicted molar refractivity (Wildman–Crippen MR) is 121 cm³/mol. The summed E-state index contributed by atoms with van der Waals surface area (Å²) < 4.78 is 41.8. The third-order valence-electron chi connectivity index (χ3n) is 4.91. The number of esters is 1. The number of rotatable bonds is 10. The highest BCUT2D eigenvalue weighted by atomic mass is 32.2. The van der Waals surface area contributed by atoms with Crippen molar-refractivity contribution >= 4 is 28.0 Å². The van der Waals surface area contributed by atoms with Gasteiger partial charge < -0.3 is 19.5 Å². The summed E-state index contributed by atoms with van der Waals surface area (Å²) in [5.41, 5.74) is 1.45. The zero-order valence-electron chi connectivity index (χ0n) is 18.4. The average Bonchev–Trinajstić information content (AvgIpc) is 3.29. The largest absolute Gasteiger partial charge is 0.454 e. The van der Waals surface area contributed by atoms with Gasteiger partial charge in [0, 0.05) is 25.7 Å². The van der Waals surface area contributed by atoms with Gasteiger partial charge in [-0.1, -0.05) is 32.0 Å². The van der Waals surface area contributed by atoms with Crippen LogP contribution in [0.15, 0.2) is 53.4 Å². The van der Waals surface area contributed by atoms with Gasteiger partial charge in [0.25, 0.3) is 5.91 Å². The lowest BCUT2D eigenvalue weighted by molar-refractivity contribution is -0.143. The SMILES string of the molecule is CCN(CC)S(=O)(=O)c1ccc(/C=C/C(=O)OCC(=O)NCc2ccc3c(c2)OCO3)cc1. The zero-order valence-corrected chi connectivity index (χ0v) is 19.3. The first-order valence-corrected chi connectivity index (χ1v) is 11.9. The Kier molecular flexibility index (Phi) is 8.07. The molecule has 0 saturated heterocycles. The first kappa shape index (κ1) is 24.3. The topological polar surface area (TPSA) is 111 Å². The van der Waals surface area contributed by atoms with Crippen molar-refractivity contribution in [1.29, 1.82) is 0 Å². The highest BCUT2D eigenvalue weighted by Gasteiger charge is 2.21. The smallest absolute Gasteiger partial charge is 0.331 e. The molecule has 10 heteroatoms. The van der Waals surface area contributed by atoms with Gasteiger partial charge >= 0.3 is 5.97 Å². The molecule has 9 nitrogen and oxygen atoms in total. The Morgan fingerprint density at radius 3 is 2.45 bits per heavy atom. The van der Waals surface area contributed by atoms with Gasteiger partial charge in [-0.25, -0.2) is 13.2 Å². The molecule has 0 atom stereocenters. The van der Waals surface area contributed by atoms with E-state index in [0.717, 1.165) is 5.56 Å². The summed E-state index contributed by atoms with van der Waals surface area (Å²) in [6.07, 6.45) is 2.67. The van der Waals surface area contributed by atoms with Gasteiger partial charge in [0.05, 0.1) is 4.90 Å². The van der Waals surface area contributed by atoms with Crippen molar-refractivity contribution in [3.05, 3.63) is 59.7 Å². The lowest BCUT2D eigenvalue weighted by Gasteiger charge is -2.18. The van der Waals surface area contributed by atoms with Crippen molar-refractivity contribution in [2.45, 2.75) is 25.3 Å². The molecule has 0 radical (unpaired) electrons. The van der Waals surface area contributed by atoms with Gasteiger partial charge in [-0.05, 0) is 41.5 Å². The molecule has 33 heavy (non-hydrogen) atoms. The van der Waals surface area contributed by atoms with Crippen molar-refractivity contribution in [2.75, 3.05) is 26.5 Å². The summed E-state index contributed by atoms with van der Waals surface area (Å²) in [4.78, 5) is 24.0. The summed E-state index contributed by atoms with van der Waals surface area (Å²) >= 11 is 0. The maximum atomic E-state index is 12.5. The Hall–Kier alpha value is -3.37. The van der Waals surface area contributed by atoms with Crippen LogP contribution in [0.2, 0.25) is 0 Å². The molecule has 0 saturated carbocycles. The van der Waals surface area contributed by atoms with E-state index < -0.39 is 28.5 Å². The highest BCUT2D eigenvalue weighted by Crippen LogP contribution is 2.32. The molecule has 0 aromatic heterocycles. The maximum Gasteiger partial charge on any atom is 0.331 e. The third-order valence-corrected chi connectivity index (χ3v) is 6.97. The molecule has 2 aromatic rings. The molecule has 1 aliphatic heterocycles. The van der Waals surface area contributed by atoms with Crippen molar-refractivity contribution in [2.24, 2.45) is 0 Å². The van der Waals surface area contributed by atoms with Gasteiger partial charge in [0.1, 0.15) is 0 Å². The minimum Gasteiger partial charge on any atom is -0.454 e. The van der Waals surface area contributed by atoms with Gasteiger partial charge in [-0.15, -0.1) is 0 Å². The van der Waals surface area contributed by atoms with Crippen LogP contribution in [0.25, 0.3) is 6.08 Å². The number of fused-ring (bicyclic) bond motifs is 1. The number of carbonyl (C=O) groups is 2. The molecular formula is C23H26N2O7S. The van der Waals surface area contributed by atoms with Crippen molar-refractivity contribution in [3.63, 3.8) is 0 Å². The predicted octanol–water partition coefficient (Wildman–Crippen LogP) is 2.32. The van der Waals surface area contributed by atoms with E-state index >= 15 is 0 Å². The van der Waals surface area contributed by atoms with Gasteiger partial charge in [-0.3, -0.25) is 4.79 Å². The average molecular weight is 475 g/mol. The van der Waals surface area contributed by atoms with Gasteiger partial charge in [0.15, 0.2) is 18.1 Å². The number of nitrogens with zero attached hydrogens (tertiary/aromatic N) is 1. The van der Waals surface area contributed by atoms with E-state index in [1.165, 1.54) is 28.6 Å². The second-order valence-corrected chi connectivity index (χ2v) is 9.00. The van der Waals surface area contributed by atoms with E-state index in [1.54, 1.807) is 44.2 Å². The minimum atomic E-state index is -3.54. The molecule has 1 amide bonds. The van der Waals surface area contributed by atoms with E-state index in [1.807, 2.05) is 0 Å². The van der Waals surface area contributed by atoms with Crippen LogP contribution < -0.4 is 14.8 Å². The van der Waals surface area contributed by atoms with Crippen LogP contribution >= 0.6 is 0 Å². The number of benzene rings is 2. The second kappa shape index (κ2) is 11.0. The lowest BCUT2D eigenvalue weighted by atomic mass is 10.2. The molecule has 2 aromatic carbocycles. The Labute approximate surface area is 193 Å². The van der Waals surface area contributed by atoms with E-state index in [-0.39, 0.29) is 18.2 Å². The van der Waals surface area contributed by atoms with Crippen molar-refractivity contribution < 1.29 is 32.2 Å². The number of hydrogen-bond acceptors (Lipinski definition) is 7. The molecule has 0 spiro atoms. The Morgan fingerprint density at radius 1 is 1.06 bits per heavy atom. The van der Waals surface area contributed by atoms with Crippen LogP contribution in [0.3, 0.4) is 0 Å². The molecule has 1 aliphatic rings. The maximum absolute atomic E-state index is 12.5. The monoisotopic (exact) mass is 474 g/mol. The third kappa shape index (κ3) is 6.33. The van der Waals surface area contributed by atoms with Crippen LogP contribution in [0.4, 0.5) is 0 Å². The number of amides is 1. The van der Waals surface area contributed by atoms with Crippen LogP contribution in [0.5, 0.6) is 11.5 Å². The molecule has 3 rings (SSSR count). The molecule has 0 fully saturated rings. The fraction of sp³-hybridized carbons (Fsp3) is 0.304. The number of hydrogen-bond donors (Lipinski definition) is 1. The molecule has 1 heterocycles. The lowest BCUT2D eigenvalue weighted by Crippen LogP contribution is -2.30. The summed E-state index contributed by atoms with van der Waals surface area (Å²) in [5.74, 6) is 0.149. The molecular weight excluding hydrogens is 448 g/mol. The number of carbonyl (C=O) groups excluding carboxylic acids is 2. The normalized spacial score (nSPS) is 12.8. The second-order valence-electron chi connectivity index (χ2n) is 7.06. The molecule has 1 N–H and O–H groups in total. The van der Waals surface area contributed by atoms with E-state index in [9.17, 15) is 18.0 Å². The standard InChI is InChI=1S/C23H26N2O7S/c1-3-25(4-2)33(28,29)19-9-5-17(6-10-19)8-12-23(27)30-15-22(26)24-14-18-7-11-20-21(13-18)32-16-31-20/h5-13H,3-4,14-16H2,1-2H3,(H,24,26)/b12-8+. The van der Waals surface area contributed by atoms with Gasteiger partial charge in [0.2, 0.25) is 16.8 Å². The van der Waals surface area contributed by atoms with Crippen LogP contribution in [-0.4, -0.2) is 51.1 Å². The molecule has 0 unspecified atom stereocenters. The van der Waals surface area contributed by atoms with Crippen molar-refractivity contribution in [3.8, 4) is 11.5 Å². The summed E-state index contributed by atoms with van der Waals surface area (Å²) in [5, 5.41) is 2.66. The van der Waals surface area contributed by atoms with E-state index in [0.29, 0.717) is 30.2 Å². The van der Waals surface area contributed by atoms with E-state index in [2.05, 4.69) is 5.32 Å². The minimum absolute atomic E-state index is 0.175. The number of nitrogens with one attached hydrogen (secondary N) is 1. The fourth-order valence-electron chi connectivity index (χ4n) is 3.12. The highest BCUT2D eigenvalue weighted by molar-refractivity contribution is 7.89. The quantitative estimate of drug-likeness (QED) is 0.416. The molecule has 176 valence electrons. The molecule has 0 aliphatic carbocycles. The first-order valence-electron chi connectivity index (χ1n) is 10.4. The van der Waals surface area contributed by atoms with Crippen molar-refractivity contribution in [1.82, 2.24) is 9.62 Å². The number of ether oxygens (including phenoxy) is 3. The van der Waals surface area contributed by atoms with Crippen LogP contribution in [0.1, 0.15) is 25.0 Å². The Bertz CT molecular complexity index is 1120. The Morgan fingerprint density at radius 2 is 1.76 bits per heavy atom. The van der Waals surface area contributed by atoms with Crippen LogP contribution in [0, 0.1) is 0 Å². The summed E-state index contributed by atoms with van der Waals surface area (Å²) in [6.45, 7) is 4.34. The summed E-state index contributed by atoms with van der Waals surface area (Å²) in [7, 11) is -3.54.